The summed E-state index contributed by atoms with van der Waals surface area (Å²) in [5.74, 6) is 2.46. The summed E-state index contributed by atoms with van der Waals surface area (Å²) >= 11 is 0. The first-order valence-corrected chi connectivity index (χ1v) is 9.34. The van der Waals surface area contributed by atoms with Crippen molar-refractivity contribution < 1.29 is 13.7 Å². The second-order valence-electron chi connectivity index (χ2n) is 9.76. The monoisotopic (exact) mass is 320 g/mol. The Labute approximate surface area is 140 Å². The van der Waals surface area contributed by atoms with E-state index in [9.17, 15) is 0 Å². The fourth-order valence-corrected chi connectivity index (χ4v) is 5.95. The van der Waals surface area contributed by atoms with Gasteiger partial charge in [-0.1, -0.05) is 0 Å². The maximum atomic E-state index is 15.3. The summed E-state index contributed by atoms with van der Waals surface area (Å²) in [6.07, 6.45) is 7.67. The third-order valence-electron chi connectivity index (χ3n) is 7.65. The first-order chi connectivity index (χ1) is 10.6. The smallest absolute Gasteiger partial charge is 0.398 e. The van der Waals surface area contributed by atoms with E-state index in [0.29, 0.717) is 0 Å². The maximum Gasteiger partial charge on any atom is 0.525 e. The molecule has 4 heteroatoms. The van der Waals surface area contributed by atoms with Crippen molar-refractivity contribution in [3.63, 3.8) is 0 Å². The van der Waals surface area contributed by atoms with Crippen molar-refractivity contribution in [1.82, 2.24) is 0 Å². The molecular weight excluding hydrogens is 290 g/mol. The van der Waals surface area contributed by atoms with E-state index in [1.165, 1.54) is 38.5 Å². The molecule has 4 bridgehead atoms. The van der Waals surface area contributed by atoms with Crippen molar-refractivity contribution in [2.75, 3.05) is 0 Å². The molecule has 0 aromatic carbocycles. The summed E-state index contributed by atoms with van der Waals surface area (Å²) in [7, 11) is -0.826. The van der Waals surface area contributed by atoms with Crippen LogP contribution in [-0.4, -0.2) is 18.3 Å². The topological polar surface area (TPSA) is 18.5 Å². The minimum Gasteiger partial charge on any atom is -0.398 e. The highest BCUT2D eigenvalue weighted by molar-refractivity contribution is 6.53. The Kier molecular flexibility index (Phi) is 3.40. The molecule has 4 aliphatic carbocycles. The predicted molar refractivity (Wildman–Crippen MR) is 90.5 cm³/mol. The number of rotatable bonds is 2. The molecule has 1 heterocycles. The van der Waals surface area contributed by atoms with E-state index in [-0.39, 0.29) is 11.1 Å². The van der Waals surface area contributed by atoms with Gasteiger partial charge < -0.3 is 9.31 Å². The zero-order valence-corrected chi connectivity index (χ0v) is 15.2. The van der Waals surface area contributed by atoms with Crippen LogP contribution in [0, 0.1) is 23.2 Å². The summed E-state index contributed by atoms with van der Waals surface area (Å²) < 4.78 is 27.2. The van der Waals surface area contributed by atoms with E-state index in [1.54, 1.807) is 0 Å². The molecule has 4 saturated carbocycles. The Morgan fingerprint density at radius 2 is 1.26 bits per heavy atom. The Morgan fingerprint density at radius 3 is 1.65 bits per heavy atom. The molecule has 1 saturated heterocycles. The quantitative estimate of drug-likeness (QED) is 0.661. The van der Waals surface area contributed by atoms with Crippen LogP contribution in [0.4, 0.5) is 4.39 Å². The molecule has 0 spiro atoms. The second kappa shape index (κ2) is 4.85. The van der Waals surface area contributed by atoms with Gasteiger partial charge in [0.25, 0.3) is 0 Å². The van der Waals surface area contributed by atoms with Gasteiger partial charge in [0.05, 0.1) is 11.2 Å². The highest BCUT2D eigenvalue weighted by Gasteiger charge is 2.56. The lowest BCUT2D eigenvalue weighted by Crippen LogP contribution is -2.47. The highest BCUT2D eigenvalue weighted by atomic mass is 19.1. The van der Waals surface area contributed by atoms with Crippen molar-refractivity contribution >= 4 is 7.12 Å². The van der Waals surface area contributed by atoms with Crippen LogP contribution in [0.15, 0.2) is 11.3 Å². The van der Waals surface area contributed by atoms with E-state index < -0.39 is 18.3 Å². The average Bonchev–Trinajstić information content (AvgIpc) is 2.64. The lowest BCUT2D eigenvalue weighted by Gasteiger charge is -2.57. The molecule has 0 aromatic rings. The molecule has 0 atom stereocenters. The molecule has 0 aromatic heterocycles. The van der Waals surface area contributed by atoms with Crippen molar-refractivity contribution in [3.8, 4) is 0 Å². The first-order valence-electron chi connectivity index (χ1n) is 9.34. The van der Waals surface area contributed by atoms with Crippen molar-refractivity contribution in [3.05, 3.63) is 11.3 Å². The average molecular weight is 320 g/mol. The number of halogens is 1. The van der Waals surface area contributed by atoms with Gasteiger partial charge in [-0.15, -0.1) is 0 Å². The molecule has 0 amide bonds. The zero-order chi connectivity index (χ0) is 16.6. The van der Waals surface area contributed by atoms with Gasteiger partial charge in [0.2, 0.25) is 0 Å². The lowest BCUT2D eigenvalue weighted by molar-refractivity contribution is -0.0315. The fraction of sp³-hybridized carbons (Fsp3) is 0.895. The minimum atomic E-state index is -0.826. The summed E-state index contributed by atoms with van der Waals surface area (Å²) in [5, 5.41) is 0. The molecular formula is C19H30BFO2. The fourth-order valence-electron chi connectivity index (χ4n) is 5.95. The zero-order valence-electron chi connectivity index (χ0n) is 15.2. The van der Waals surface area contributed by atoms with Gasteiger partial charge in [-0.25, -0.2) is 4.39 Å². The summed E-state index contributed by atoms with van der Waals surface area (Å²) in [5.41, 5.74) is -0.0867. The summed E-state index contributed by atoms with van der Waals surface area (Å²) in [6, 6.07) is 0. The lowest BCUT2D eigenvalue weighted by atomic mass is 9.47. The van der Waals surface area contributed by atoms with Crippen LogP contribution in [0.2, 0.25) is 0 Å². The van der Waals surface area contributed by atoms with Gasteiger partial charge in [-0.05, 0) is 102 Å². The van der Waals surface area contributed by atoms with Gasteiger partial charge in [-0.3, -0.25) is 0 Å². The molecule has 5 aliphatic rings. The van der Waals surface area contributed by atoms with Crippen LogP contribution in [0.3, 0.4) is 0 Å². The van der Waals surface area contributed by atoms with Crippen molar-refractivity contribution in [2.45, 2.75) is 84.3 Å². The Hall–Kier alpha value is -0.345. The Balaban J connectivity index is 1.63. The van der Waals surface area contributed by atoms with Crippen LogP contribution in [0.25, 0.3) is 0 Å². The second-order valence-corrected chi connectivity index (χ2v) is 9.76. The normalized spacial score (nSPS) is 44.6. The van der Waals surface area contributed by atoms with E-state index in [1.807, 2.05) is 34.6 Å². The molecule has 0 N–H and O–H groups in total. The predicted octanol–water partition coefficient (Wildman–Crippen LogP) is 5.08. The van der Waals surface area contributed by atoms with Gasteiger partial charge in [0, 0.05) is 0 Å². The largest absolute Gasteiger partial charge is 0.525 e. The van der Waals surface area contributed by atoms with E-state index in [0.717, 1.165) is 23.3 Å². The number of hydrogen-bond acceptors (Lipinski definition) is 2. The van der Waals surface area contributed by atoms with E-state index in [4.69, 9.17) is 9.31 Å². The first kappa shape index (κ1) is 16.1. The molecule has 23 heavy (non-hydrogen) atoms. The van der Waals surface area contributed by atoms with Gasteiger partial charge >= 0.3 is 7.12 Å². The van der Waals surface area contributed by atoms with Crippen molar-refractivity contribution in [2.24, 2.45) is 23.2 Å². The minimum absolute atomic E-state index is 0.0857. The van der Waals surface area contributed by atoms with Crippen molar-refractivity contribution in [1.29, 1.82) is 0 Å². The van der Waals surface area contributed by atoms with Gasteiger partial charge in [0.15, 0.2) is 0 Å². The third-order valence-corrected chi connectivity index (χ3v) is 7.65. The highest BCUT2D eigenvalue weighted by Crippen LogP contribution is 2.63. The van der Waals surface area contributed by atoms with Crippen LogP contribution >= 0.6 is 0 Å². The number of hydrogen-bond donors (Lipinski definition) is 0. The summed E-state index contributed by atoms with van der Waals surface area (Å²) in [6.45, 7) is 9.95. The van der Waals surface area contributed by atoms with Crippen LogP contribution in [0.5, 0.6) is 0 Å². The van der Waals surface area contributed by atoms with Crippen LogP contribution in [0.1, 0.15) is 73.1 Å². The SMILES string of the molecule is CC(=C(F)B1OC(C)(C)C(C)(C)O1)C12CC3CC(CC(C3)C1)C2. The van der Waals surface area contributed by atoms with E-state index in [2.05, 4.69) is 0 Å². The standard InChI is InChI=1S/C19H30BFO2/c1-12(16(21)20-22-17(2,3)18(4,5)23-20)19-9-13-6-14(10-19)8-15(7-13)11-19/h13-15H,6-11H2,1-5H3. The summed E-state index contributed by atoms with van der Waals surface area (Å²) in [4.78, 5) is 0. The van der Waals surface area contributed by atoms with E-state index >= 15 is 4.39 Å². The molecule has 1 aliphatic heterocycles. The molecule has 0 radical (unpaired) electrons. The van der Waals surface area contributed by atoms with Gasteiger partial charge in [0.1, 0.15) is 5.73 Å². The third kappa shape index (κ3) is 2.35. The maximum absolute atomic E-state index is 15.3. The Bertz CT molecular complexity index is 500. The molecule has 5 fully saturated rings. The molecule has 0 unspecified atom stereocenters. The van der Waals surface area contributed by atoms with Crippen LogP contribution in [-0.2, 0) is 9.31 Å². The van der Waals surface area contributed by atoms with Crippen LogP contribution < -0.4 is 0 Å². The Morgan fingerprint density at radius 1 is 0.870 bits per heavy atom. The van der Waals surface area contributed by atoms with Gasteiger partial charge in [-0.2, -0.15) is 0 Å². The molecule has 128 valence electrons. The molecule has 5 rings (SSSR count). The molecule has 2 nitrogen and oxygen atoms in total. The number of allylic oxidation sites excluding steroid dienone is 1.